The average molecular weight is 164 g/mol. The van der Waals surface area contributed by atoms with Gasteiger partial charge in [-0.3, -0.25) is 0 Å². The van der Waals surface area contributed by atoms with E-state index in [0.717, 1.165) is 11.4 Å². The fourth-order valence-corrected chi connectivity index (χ4v) is 1.35. The predicted molar refractivity (Wildman–Crippen MR) is 40.3 cm³/mol. The Labute approximate surface area is 70.1 Å². The van der Waals surface area contributed by atoms with E-state index in [1.807, 2.05) is 12.1 Å². The van der Waals surface area contributed by atoms with Gasteiger partial charge < -0.3 is 0 Å². The van der Waals surface area contributed by atoms with Crippen LogP contribution in [0.15, 0.2) is 5.29 Å². The molecule has 0 spiro atoms. The number of piperidine rings is 1. The summed E-state index contributed by atoms with van der Waals surface area (Å²) < 4.78 is 0. The van der Waals surface area contributed by atoms with Crippen LogP contribution in [0.5, 0.6) is 0 Å². The van der Waals surface area contributed by atoms with E-state index in [2.05, 4.69) is 5.29 Å². The summed E-state index contributed by atoms with van der Waals surface area (Å²) in [6.07, 6.45) is 2.06. The van der Waals surface area contributed by atoms with Gasteiger partial charge in [0.05, 0.1) is 17.4 Å². The fraction of sp³-hybridized carbons (Fsp3) is 0.714. The Morgan fingerprint density at radius 1 is 1.25 bits per heavy atom. The molecule has 0 aromatic rings. The maximum atomic E-state index is 10.3. The third kappa shape index (κ3) is 1.35. The van der Waals surface area contributed by atoms with Crippen molar-refractivity contribution in [2.75, 3.05) is 0 Å². The van der Waals surface area contributed by atoms with E-state index in [-0.39, 0.29) is 0 Å². The van der Waals surface area contributed by atoms with Gasteiger partial charge in [-0.1, -0.05) is 0 Å². The second-order valence-electron chi connectivity index (χ2n) is 2.68. The number of hydrogen-bond donors (Lipinski definition) is 0. The van der Waals surface area contributed by atoms with Crippen molar-refractivity contribution in [3.05, 3.63) is 4.91 Å². The Bertz CT molecular complexity index is 229. The van der Waals surface area contributed by atoms with Gasteiger partial charge in [0, 0.05) is 0 Å². The molecule has 5 nitrogen and oxygen atoms in total. The first-order valence-electron chi connectivity index (χ1n) is 3.74. The highest BCUT2D eigenvalue weighted by molar-refractivity contribution is 5.02. The molecule has 2 unspecified atom stereocenters. The van der Waals surface area contributed by atoms with Crippen molar-refractivity contribution in [3.8, 4) is 12.1 Å². The zero-order chi connectivity index (χ0) is 8.97. The SMILES string of the molecule is N#CC1CCCC(C#N)N1N=O. The van der Waals surface area contributed by atoms with Crippen LogP contribution in [0.2, 0.25) is 0 Å². The highest BCUT2D eigenvalue weighted by Crippen LogP contribution is 2.21. The Morgan fingerprint density at radius 2 is 1.75 bits per heavy atom. The minimum absolute atomic E-state index is 0.513. The summed E-state index contributed by atoms with van der Waals surface area (Å²) in [5.74, 6) is 0. The van der Waals surface area contributed by atoms with Gasteiger partial charge in [0.1, 0.15) is 12.1 Å². The van der Waals surface area contributed by atoms with Gasteiger partial charge in [-0.2, -0.15) is 10.5 Å². The molecule has 62 valence electrons. The predicted octanol–water partition coefficient (Wildman–Crippen LogP) is 0.938. The van der Waals surface area contributed by atoms with E-state index in [4.69, 9.17) is 10.5 Å². The van der Waals surface area contributed by atoms with Crippen molar-refractivity contribution in [1.82, 2.24) is 5.01 Å². The fourth-order valence-electron chi connectivity index (χ4n) is 1.35. The van der Waals surface area contributed by atoms with Crippen LogP contribution in [0.25, 0.3) is 0 Å². The van der Waals surface area contributed by atoms with Gasteiger partial charge in [0.2, 0.25) is 0 Å². The Kier molecular flexibility index (Phi) is 2.60. The third-order valence-corrected chi connectivity index (χ3v) is 1.99. The molecule has 0 amide bonds. The van der Waals surface area contributed by atoms with Crippen LogP contribution in [-0.4, -0.2) is 17.1 Å². The highest BCUT2D eigenvalue weighted by atomic mass is 16.3. The van der Waals surface area contributed by atoms with Crippen LogP contribution < -0.4 is 0 Å². The molecule has 1 heterocycles. The van der Waals surface area contributed by atoms with Gasteiger partial charge in [0.25, 0.3) is 0 Å². The van der Waals surface area contributed by atoms with Gasteiger partial charge in [0.15, 0.2) is 0 Å². The molecular formula is C7H8N4O. The summed E-state index contributed by atoms with van der Waals surface area (Å²) in [5.41, 5.74) is 0. The smallest absolute Gasteiger partial charge is 0.138 e. The first kappa shape index (κ1) is 8.48. The number of hydrogen-bond acceptors (Lipinski definition) is 4. The van der Waals surface area contributed by atoms with Crippen LogP contribution >= 0.6 is 0 Å². The van der Waals surface area contributed by atoms with Crippen LogP contribution in [0.4, 0.5) is 0 Å². The number of nitroso groups, excluding NO2 is 1. The molecule has 0 aromatic heterocycles. The molecule has 1 saturated heterocycles. The zero-order valence-electron chi connectivity index (χ0n) is 6.47. The number of nitrogens with zero attached hydrogens (tertiary/aromatic N) is 4. The molecule has 1 aliphatic heterocycles. The minimum Gasteiger partial charge on any atom is -0.226 e. The van der Waals surface area contributed by atoms with E-state index in [0.29, 0.717) is 12.8 Å². The van der Waals surface area contributed by atoms with Gasteiger partial charge in [-0.15, -0.1) is 4.91 Å². The topological polar surface area (TPSA) is 80.2 Å². The standard InChI is InChI=1S/C7H8N4O/c8-4-6-2-1-3-7(5-9)11(6)10-12/h6-7H,1-3H2. The van der Waals surface area contributed by atoms with E-state index >= 15 is 0 Å². The van der Waals surface area contributed by atoms with Crippen molar-refractivity contribution in [2.45, 2.75) is 31.3 Å². The van der Waals surface area contributed by atoms with Gasteiger partial charge >= 0.3 is 0 Å². The number of nitriles is 2. The Morgan fingerprint density at radius 3 is 2.08 bits per heavy atom. The van der Waals surface area contributed by atoms with Crippen LogP contribution in [0.3, 0.4) is 0 Å². The van der Waals surface area contributed by atoms with Crippen LogP contribution in [-0.2, 0) is 0 Å². The van der Waals surface area contributed by atoms with Crippen LogP contribution in [0.1, 0.15) is 19.3 Å². The summed E-state index contributed by atoms with van der Waals surface area (Å²) in [6, 6.07) is 2.87. The summed E-state index contributed by atoms with van der Waals surface area (Å²) >= 11 is 0. The molecule has 0 N–H and O–H groups in total. The molecule has 0 radical (unpaired) electrons. The molecule has 1 fully saturated rings. The average Bonchev–Trinajstić information content (AvgIpc) is 2.16. The molecule has 0 aliphatic carbocycles. The monoisotopic (exact) mass is 164 g/mol. The van der Waals surface area contributed by atoms with E-state index in [9.17, 15) is 4.91 Å². The molecule has 0 saturated carbocycles. The maximum Gasteiger partial charge on any atom is 0.138 e. The second-order valence-corrected chi connectivity index (χ2v) is 2.68. The van der Waals surface area contributed by atoms with E-state index in [1.54, 1.807) is 0 Å². The lowest BCUT2D eigenvalue weighted by Crippen LogP contribution is -2.41. The number of rotatable bonds is 1. The summed E-state index contributed by atoms with van der Waals surface area (Å²) in [5, 5.41) is 21.0. The van der Waals surface area contributed by atoms with Crippen molar-refractivity contribution in [1.29, 1.82) is 10.5 Å². The highest BCUT2D eigenvalue weighted by Gasteiger charge is 2.30. The van der Waals surface area contributed by atoms with E-state index in [1.165, 1.54) is 0 Å². The van der Waals surface area contributed by atoms with Crippen molar-refractivity contribution in [2.24, 2.45) is 5.29 Å². The molecule has 1 aliphatic rings. The second kappa shape index (κ2) is 3.68. The lowest BCUT2D eigenvalue weighted by atomic mass is 9.99. The third-order valence-electron chi connectivity index (χ3n) is 1.99. The van der Waals surface area contributed by atoms with Gasteiger partial charge in [-0.25, -0.2) is 5.01 Å². The molecule has 1 rings (SSSR count). The molecule has 5 heteroatoms. The van der Waals surface area contributed by atoms with Crippen LogP contribution in [0, 0.1) is 27.6 Å². The van der Waals surface area contributed by atoms with Gasteiger partial charge in [-0.05, 0) is 19.3 Å². The summed E-state index contributed by atoms with van der Waals surface area (Å²) in [4.78, 5) is 10.3. The van der Waals surface area contributed by atoms with Crippen molar-refractivity contribution >= 4 is 0 Å². The van der Waals surface area contributed by atoms with E-state index < -0.39 is 12.1 Å². The minimum atomic E-state index is -0.513. The molecule has 2 atom stereocenters. The lowest BCUT2D eigenvalue weighted by molar-refractivity contribution is 0.148. The summed E-state index contributed by atoms with van der Waals surface area (Å²) in [7, 11) is 0. The zero-order valence-corrected chi connectivity index (χ0v) is 6.47. The first-order chi connectivity index (χ1) is 5.83. The quantitative estimate of drug-likeness (QED) is 0.540. The Balaban J connectivity index is 2.75. The molecule has 0 aromatic carbocycles. The first-order valence-corrected chi connectivity index (χ1v) is 3.74. The molecular weight excluding hydrogens is 156 g/mol. The lowest BCUT2D eigenvalue weighted by Gasteiger charge is -2.29. The van der Waals surface area contributed by atoms with Crippen molar-refractivity contribution < 1.29 is 0 Å². The largest absolute Gasteiger partial charge is 0.226 e. The Hall–Kier alpha value is -1.62. The normalized spacial score (nSPS) is 28.7. The van der Waals surface area contributed by atoms with Crippen molar-refractivity contribution in [3.63, 3.8) is 0 Å². The molecule has 0 bridgehead atoms. The summed E-state index contributed by atoms with van der Waals surface area (Å²) in [6.45, 7) is 0. The molecule has 12 heavy (non-hydrogen) atoms. The maximum absolute atomic E-state index is 10.3.